The molecule has 1 atom stereocenters. The maximum Gasteiger partial charge on any atom is 0.134 e. The van der Waals surface area contributed by atoms with Gasteiger partial charge < -0.3 is 9.73 Å². The Balaban J connectivity index is 1.36. The summed E-state index contributed by atoms with van der Waals surface area (Å²) < 4.78 is 5.89. The van der Waals surface area contributed by atoms with Crippen molar-refractivity contribution in [3.63, 3.8) is 0 Å². The van der Waals surface area contributed by atoms with E-state index in [0.29, 0.717) is 6.04 Å². The molecule has 4 rings (SSSR count). The molecule has 0 fully saturated rings. The van der Waals surface area contributed by atoms with Gasteiger partial charge in [-0.1, -0.05) is 60.7 Å². The average molecular weight is 329 g/mol. The summed E-state index contributed by atoms with van der Waals surface area (Å²) >= 11 is 0. The number of rotatable bonds is 6. The summed E-state index contributed by atoms with van der Waals surface area (Å²) in [6, 6.07) is 25.8. The number of benzene rings is 3. The Morgan fingerprint density at radius 3 is 2.52 bits per heavy atom. The zero-order chi connectivity index (χ0) is 17.1. The van der Waals surface area contributed by atoms with E-state index in [9.17, 15) is 0 Å². The van der Waals surface area contributed by atoms with Gasteiger partial charge >= 0.3 is 0 Å². The lowest BCUT2D eigenvalue weighted by Gasteiger charge is -2.16. The van der Waals surface area contributed by atoms with Crippen molar-refractivity contribution in [1.82, 2.24) is 5.32 Å². The van der Waals surface area contributed by atoms with Crippen molar-refractivity contribution >= 4 is 21.7 Å². The normalized spacial score (nSPS) is 12.7. The molecular formula is C23H23NO. The average Bonchev–Trinajstić information content (AvgIpc) is 3.07. The van der Waals surface area contributed by atoms with Crippen LogP contribution in [-0.4, -0.2) is 6.54 Å². The molecule has 0 saturated heterocycles. The van der Waals surface area contributed by atoms with E-state index in [4.69, 9.17) is 4.42 Å². The first-order chi connectivity index (χ1) is 12.3. The molecule has 0 aliphatic heterocycles. The summed E-state index contributed by atoms with van der Waals surface area (Å²) in [5.74, 6) is 1.07. The van der Waals surface area contributed by atoms with Crippen molar-refractivity contribution in [3.05, 3.63) is 84.1 Å². The van der Waals surface area contributed by atoms with E-state index in [1.807, 2.05) is 12.1 Å². The highest BCUT2D eigenvalue weighted by atomic mass is 16.3. The van der Waals surface area contributed by atoms with E-state index in [0.717, 1.165) is 30.7 Å². The standard InChI is InChI=1S/C23H23NO/c1-17(21-13-6-10-18-8-2-4-12-22(18)21)24-15-7-11-20-16-19-9-3-5-14-23(19)25-20/h2-6,8-10,12-14,16-17,24H,7,11,15H2,1H3. The van der Waals surface area contributed by atoms with Gasteiger partial charge in [0.05, 0.1) is 0 Å². The van der Waals surface area contributed by atoms with Crippen LogP contribution in [0.25, 0.3) is 21.7 Å². The molecule has 0 spiro atoms. The van der Waals surface area contributed by atoms with Gasteiger partial charge in [-0.15, -0.1) is 0 Å². The first-order valence-corrected chi connectivity index (χ1v) is 9.00. The van der Waals surface area contributed by atoms with Crippen molar-refractivity contribution in [2.24, 2.45) is 0 Å². The second-order valence-corrected chi connectivity index (χ2v) is 6.60. The molecule has 0 bridgehead atoms. The minimum atomic E-state index is 0.335. The SMILES string of the molecule is CC(NCCCc1cc2ccccc2o1)c1cccc2ccccc12. The topological polar surface area (TPSA) is 25.2 Å². The molecule has 1 unspecified atom stereocenters. The van der Waals surface area contributed by atoms with Crippen LogP contribution in [0, 0.1) is 0 Å². The maximum absolute atomic E-state index is 5.89. The third-order valence-electron chi connectivity index (χ3n) is 4.82. The van der Waals surface area contributed by atoms with E-state index < -0.39 is 0 Å². The van der Waals surface area contributed by atoms with Gasteiger partial charge in [0.2, 0.25) is 0 Å². The molecule has 0 amide bonds. The third kappa shape index (κ3) is 3.45. The minimum Gasteiger partial charge on any atom is -0.461 e. The number of hydrogen-bond acceptors (Lipinski definition) is 2. The van der Waals surface area contributed by atoms with Gasteiger partial charge in [0.25, 0.3) is 0 Å². The largest absolute Gasteiger partial charge is 0.461 e. The van der Waals surface area contributed by atoms with Crippen LogP contribution < -0.4 is 5.32 Å². The van der Waals surface area contributed by atoms with E-state index in [-0.39, 0.29) is 0 Å². The molecule has 3 aromatic carbocycles. The molecule has 4 aromatic rings. The Labute approximate surface area is 148 Å². The van der Waals surface area contributed by atoms with Crippen molar-refractivity contribution in [2.75, 3.05) is 6.54 Å². The number of aryl methyl sites for hydroxylation is 1. The molecule has 1 heterocycles. The van der Waals surface area contributed by atoms with Gasteiger partial charge in [-0.2, -0.15) is 0 Å². The molecule has 1 N–H and O–H groups in total. The van der Waals surface area contributed by atoms with Gasteiger partial charge in [-0.05, 0) is 48.4 Å². The number of fused-ring (bicyclic) bond motifs is 2. The maximum atomic E-state index is 5.89. The third-order valence-corrected chi connectivity index (χ3v) is 4.82. The Kier molecular flexibility index (Phi) is 4.53. The van der Waals surface area contributed by atoms with Gasteiger partial charge in [0.15, 0.2) is 0 Å². The van der Waals surface area contributed by atoms with Gasteiger partial charge in [-0.25, -0.2) is 0 Å². The minimum absolute atomic E-state index is 0.335. The number of para-hydroxylation sites is 1. The predicted octanol–water partition coefficient (Wildman–Crippen LogP) is 5.87. The second kappa shape index (κ2) is 7.12. The smallest absolute Gasteiger partial charge is 0.134 e. The van der Waals surface area contributed by atoms with Crippen LogP contribution in [0.2, 0.25) is 0 Å². The summed E-state index contributed by atoms with van der Waals surface area (Å²) in [7, 11) is 0. The Hall–Kier alpha value is -2.58. The van der Waals surface area contributed by atoms with Crippen LogP contribution in [0.5, 0.6) is 0 Å². The summed E-state index contributed by atoms with van der Waals surface area (Å²) in [6.07, 6.45) is 2.03. The Bertz CT molecular complexity index is 947. The molecule has 126 valence electrons. The summed E-state index contributed by atoms with van der Waals surface area (Å²) in [5.41, 5.74) is 2.34. The van der Waals surface area contributed by atoms with Crippen molar-refractivity contribution in [2.45, 2.75) is 25.8 Å². The van der Waals surface area contributed by atoms with Gasteiger partial charge in [-0.3, -0.25) is 0 Å². The predicted molar refractivity (Wildman–Crippen MR) is 105 cm³/mol. The Morgan fingerprint density at radius 1 is 0.880 bits per heavy atom. The van der Waals surface area contributed by atoms with Gasteiger partial charge in [0, 0.05) is 17.8 Å². The number of nitrogens with one attached hydrogen (secondary N) is 1. The fraction of sp³-hybridized carbons (Fsp3) is 0.217. The molecule has 2 heteroatoms. The lowest BCUT2D eigenvalue weighted by Crippen LogP contribution is -2.20. The van der Waals surface area contributed by atoms with Crippen LogP contribution in [-0.2, 0) is 6.42 Å². The molecule has 1 aromatic heterocycles. The quantitative estimate of drug-likeness (QED) is 0.448. The molecule has 0 aliphatic rings. The molecule has 25 heavy (non-hydrogen) atoms. The molecule has 0 radical (unpaired) electrons. The molecule has 0 aliphatic carbocycles. The highest BCUT2D eigenvalue weighted by molar-refractivity contribution is 5.86. The number of furan rings is 1. The lowest BCUT2D eigenvalue weighted by molar-refractivity contribution is 0.511. The second-order valence-electron chi connectivity index (χ2n) is 6.60. The monoisotopic (exact) mass is 329 g/mol. The zero-order valence-electron chi connectivity index (χ0n) is 14.5. The Morgan fingerprint density at radius 2 is 1.64 bits per heavy atom. The van der Waals surface area contributed by atoms with E-state index >= 15 is 0 Å². The highest BCUT2D eigenvalue weighted by Gasteiger charge is 2.09. The van der Waals surface area contributed by atoms with Crippen molar-refractivity contribution in [1.29, 1.82) is 0 Å². The van der Waals surface area contributed by atoms with Crippen LogP contribution in [0.4, 0.5) is 0 Å². The first-order valence-electron chi connectivity index (χ1n) is 9.00. The first kappa shape index (κ1) is 15.9. The lowest BCUT2D eigenvalue weighted by atomic mass is 9.99. The van der Waals surface area contributed by atoms with E-state index in [1.54, 1.807) is 0 Å². The van der Waals surface area contributed by atoms with Crippen molar-refractivity contribution in [3.8, 4) is 0 Å². The zero-order valence-corrected chi connectivity index (χ0v) is 14.5. The van der Waals surface area contributed by atoms with Gasteiger partial charge in [0.1, 0.15) is 11.3 Å². The van der Waals surface area contributed by atoms with Crippen LogP contribution >= 0.6 is 0 Å². The van der Waals surface area contributed by atoms with E-state index in [2.05, 4.69) is 72.9 Å². The molecule has 2 nitrogen and oxygen atoms in total. The van der Waals surface area contributed by atoms with Crippen LogP contribution in [0.3, 0.4) is 0 Å². The summed E-state index contributed by atoms with van der Waals surface area (Å²) in [5, 5.41) is 7.48. The van der Waals surface area contributed by atoms with Crippen LogP contribution in [0.15, 0.2) is 77.2 Å². The summed E-state index contributed by atoms with van der Waals surface area (Å²) in [4.78, 5) is 0. The fourth-order valence-electron chi connectivity index (χ4n) is 3.48. The number of hydrogen-bond donors (Lipinski definition) is 1. The van der Waals surface area contributed by atoms with Crippen LogP contribution in [0.1, 0.15) is 30.7 Å². The van der Waals surface area contributed by atoms with Crippen molar-refractivity contribution < 1.29 is 4.42 Å². The highest BCUT2D eigenvalue weighted by Crippen LogP contribution is 2.24. The molecule has 0 saturated carbocycles. The fourth-order valence-corrected chi connectivity index (χ4v) is 3.48. The van der Waals surface area contributed by atoms with E-state index in [1.165, 1.54) is 21.7 Å². The summed E-state index contributed by atoms with van der Waals surface area (Å²) in [6.45, 7) is 3.21. The molecular weight excluding hydrogens is 306 g/mol.